The largest absolute Gasteiger partial charge is 0.388 e. The molecule has 0 rings (SSSR count). The molecule has 0 aromatic heterocycles. The molecule has 0 heterocycles. The van der Waals surface area contributed by atoms with Crippen LogP contribution in [0.4, 0.5) is 0 Å². The number of nitrogens with one attached hydrogen (secondary N) is 1. The third-order valence-electron chi connectivity index (χ3n) is 3.69. The van der Waals surface area contributed by atoms with Gasteiger partial charge in [0.1, 0.15) is 0 Å². The second-order valence-electron chi connectivity index (χ2n) is 5.23. The number of unbranched alkanes of at least 4 members (excludes halogenated alkanes) is 5. The highest BCUT2D eigenvalue weighted by atomic mass is 16.3. The van der Waals surface area contributed by atoms with Crippen molar-refractivity contribution in [3.63, 3.8) is 0 Å². The van der Waals surface area contributed by atoms with Crippen molar-refractivity contribution in [1.82, 2.24) is 5.32 Å². The summed E-state index contributed by atoms with van der Waals surface area (Å²) in [7, 11) is 0. The zero-order chi connectivity index (χ0) is 13.9. The average Bonchev–Trinajstić information content (AvgIpc) is 2.40. The van der Waals surface area contributed by atoms with Gasteiger partial charge in [0.2, 0.25) is 5.91 Å². The van der Waals surface area contributed by atoms with Gasteiger partial charge in [-0.3, -0.25) is 4.79 Å². The first kappa shape index (κ1) is 17.4. The van der Waals surface area contributed by atoms with E-state index in [1.54, 1.807) is 0 Å². The zero-order valence-electron chi connectivity index (χ0n) is 12.4. The third kappa shape index (κ3) is 8.51. The van der Waals surface area contributed by atoms with Crippen LogP contribution < -0.4 is 5.32 Å². The lowest BCUT2D eigenvalue weighted by Crippen LogP contribution is -2.41. The van der Waals surface area contributed by atoms with E-state index in [1.165, 1.54) is 25.7 Å². The Hall–Kier alpha value is -0.570. The fraction of sp³-hybridized carbons (Fsp3) is 0.933. The van der Waals surface area contributed by atoms with E-state index in [9.17, 15) is 9.90 Å². The van der Waals surface area contributed by atoms with E-state index in [-0.39, 0.29) is 5.91 Å². The summed E-state index contributed by atoms with van der Waals surface area (Å²) < 4.78 is 0. The molecule has 1 amide bonds. The van der Waals surface area contributed by atoms with Crippen molar-refractivity contribution < 1.29 is 9.90 Å². The number of hydrogen-bond donors (Lipinski definition) is 2. The molecule has 0 aromatic carbocycles. The Morgan fingerprint density at radius 2 is 1.56 bits per heavy atom. The summed E-state index contributed by atoms with van der Waals surface area (Å²) in [4.78, 5) is 11.6. The van der Waals surface area contributed by atoms with Crippen LogP contribution in [-0.2, 0) is 4.79 Å². The summed E-state index contributed by atoms with van der Waals surface area (Å²) in [6.07, 6.45) is 9.13. The summed E-state index contributed by atoms with van der Waals surface area (Å²) in [6, 6.07) is 0. The molecule has 0 aliphatic carbocycles. The maximum Gasteiger partial charge on any atom is 0.220 e. The minimum Gasteiger partial charge on any atom is -0.388 e. The van der Waals surface area contributed by atoms with Gasteiger partial charge in [-0.05, 0) is 19.3 Å². The molecule has 0 atom stereocenters. The Balaban J connectivity index is 3.54. The number of carbonyl (C=O) groups excluding carboxylic acids is 1. The molecule has 0 fully saturated rings. The van der Waals surface area contributed by atoms with Crippen molar-refractivity contribution in [2.75, 3.05) is 6.54 Å². The minimum atomic E-state index is -0.725. The molecule has 0 aromatic rings. The highest BCUT2D eigenvalue weighted by Crippen LogP contribution is 2.13. The van der Waals surface area contributed by atoms with Gasteiger partial charge in [0.05, 0.1) is 5.60 Å². The summed E-state index contributed by atoms with van der Waals surface area (Å²) in [5, 5.41) is 12.9. The van der Waals surface area contributed by atoms with Crippen LogP contribution in [0, 0.1) is 0 Å². The lowest BCUT2D eigenvalue weighted by molar-refractivity contribution is -0.122. The fourth-order valence-electron chi connectivity index (χ4n) is 1.92. The summed E-state index contributed by atoms with van der Waals surface area (Å²) in [5.74, 6) is 0.0748. The molecule has 108 valence electrons. The van der Waals surface area contributed by atoms with Crippen LogP contribution in [0.2, 0.25) is 0 Å². The lowest BCUT2D eigenvalue weighted by Gasteiger charge is -2.25. The monoisotopic (exact) mass is 257 g/mol. The van der Waals surface area contributed by atoms with Crippen LogP contribution in [-0.4, -0.2) is 23.2 Å². The molecule has 0 aliphatic rings. The number of rotatable bonds is 11. The fourth-order valence-corrected chi connectivity index (χ4v) is 1.92. The van der Waals surface area contributed by atoms with E-state index >= 15 is 0 Å². The van der Waals surface area contributed by atoms with Crippen molar-refractivity contribution in [1.29, 1.82) is 0 Å². The second kappa shape index (κ2) is 10.4. The highest BCUT2D eigenvalue weighted by Gasteiger charge is 2.22. The molecular weight excluding hydrogens is 226 g/mol. The standard InChI is InChI=1S/C15H31NO2/c1-4-7-8-9-10-11-12-14(17)16-13-15(18,5-2)6-3/h18H,4-13H2,1-3H3,(H,16,17). The van der Waals surface area contributed by atoms with Crippen LogP contribution in [0.5, 0.6) is 0 Å². The van der Waals surface area contributed by atoms with Gasteiger partial charge in [-0.1, -0.05) is 52.9 Å². The van der Waals surface area contributed by atoms with Gasteiger partial charge in [-0.2, -0.15) is 0 Å². The molecular formula is C15H31NO2. The van der Waals surface area contributed by atoms with Gasteiger partial charge in [-0.25, -0.2) is 0 Å². The molecule has 3 heteroatoms. The van der Waals surface area contributed by atoms with Crippen molar-refractivity contribution in [2.45, 2.75) is 84.2 Å². The van der Waals surface area contributed by atoms with Crippen LogP contribution in [0.15, 0.2) is 0 Å². The molecule has 0 bridgehead atoms. The quantitative estimate of drug-likeness (QED) is 0.557. The Labute approximate surface area is 112 Å². The first-order valence-electron chi connectivity index (χ1n) is 7.57. The van der Waals surface area contributed by atoms with Crippen molar-refractivity contribution >= 4 is 5.91 Å². The number of hydrogen-bond acceptors (Lipinski definition) is 2. The second-order valence-corrected chi connectivity index (χ2v) is 5.23. The Bertz CT molecular complexity index is 213. The Morgan fingerprint density at radius 1 is 1.00 bits per heavy atom. The van der Waals surface area contributed by atoms with Crippen LogP contribution in [0.25, 0.3) is 0 Å². The van der Waals surface area contributed by atoms with Crippen LogP contribution in [0.1, 0.15) is 78.6 Å². The summed E-state index contributed by atoms with van der Waals surface area (Å²) in [5.41, 5.74) is -0.725. The van der Waals surface area contributed by atoms with E-state index in [0.717, 1.165) is 12.8 Å². The molecule has 0 radical (unpaired) electrons. The number of amides is 1. The smallest absolute Gasteiger partial charge is 0.220 e. The molecule has 3 nitrogen and oxygen atoms in total. The molecule has 2 N–H and O–H groups in total. The molecule has 0 spiro atoms. The van der Waals surface area contributed by atoms with Gasteiger partial charge in [0.15, 0.2) is 0 Å². The summed E-state index contributed by atoms with van der Waals surface area (Å²) >= 11 is 0. The topological polar surface area (TPSA) is 49.3 Å². The molecule has 0 saturated carbocycles. The Morgan fingerprint density at radius 3 is 2.11 bits per heavy atom. The van der Waals surface area contributed by atoms with E-state index < -0.39 is 5.60 Å². The number of carbonyl (C=O) groups is 1. The molecule has 0 aliphatic heterocycles. The number of aliphatic hydroxyl groups is 1. The summed E-state index contributed by atoms with van der Waals surface area (Å²) in [6.45, 7) is 6.48. The maximum absolute atomic E-state index is 11.6. The van der Waals surface area contributed by atoms with Crippen molar-refractivity contribution in [3.8, 4) is 0 Å². The molecule has 0 saturated heterocycles. The van der Waals surface area contributed by atoms with E-state index in [0.29, 0.717) is 25.8 Å². The van der Waals surface area contributed by atoms with E-state index in [1.807, 2.05) is 13.8 Å². The van der Waals surface area contributed by atoms with E-state index in [2.05, 4.69) is 12.2 Å². The van der Waals surface area contributed by atoms with Crippen LogP contribution in [0.3, 0.4) is 0 Å². The minimum absolute atomic E-state index is 0.0748. The van der Waals surface area contributed by atoms with Gasteiger partial charge in [0.25, 0.3) is 0 Å². The predicted octanol–water partition coefficient (Wildman–Crippen LogP) is 3.40. The van der Waals surface area contributed by atoms with Gasteiger partial charge in [-0.15, -0.1) is 0 Å². The molecule has 0 unspecified atom stereocenters. The molecule has 18 heavy (non-hydrogen) atoms. The van der Waals surface area contributed by atoms with Gasteiger partial charge >= 0.3 is 0 Å². The van der Waals surface area contributed by atoms with Crippen molar-refractivity contribution in [3.05, 3.63) is 0 Å². The average molecular weight is 257 g/mol. The first-order chi connectivity index (χ1) is 8.58. The van der Waals surface area contributed by atoms with E-state index in [4.69, 9.17) is 0 Å². The Kier molecular flexibility index (Phi) is 10.0. The first-order valence-corrected chi connectivity index (χ1v) is 7.57. The zero-order valence-corrected chi connectivity index (χ0v) is 12.4. The highest BCUT2D eigenvalue weighted by molar-refractivity contribution is 5.75. The van der Waals surface area contributed by atoms with Crippen LogP contribution >= 0.6 is 0 Å². The van der Waals surface area contributed by atoms with Gasteiger partial charge < -0.3 is 10.4 Å². The predicted molar refractivity (Wildman–Crippen MR) is 76.5 cm³/mol. The van der Waals surface area contributed by atoms with Gasteiger partial charge in [0, 0.05) is 13.0 Å². The SMILES string of the molecule is CCCCCCCCC(=O)NCC(O)(CC)CC. The maximum atomic E-state index is 11.6. The van der Waals surface area contributed by atoms with Crippen molar-refractivity contribution in [2.24, 2.45) is 0 Å². The lowest BCUT2D eigenvalue weighted by atomic mass is 9.97. The third-order valence-corrected chi connectivity index (χ3v) is 3.69. The normalized spacial score (nSPS) is 11.6.